The molecular weight excluding hydrogens is 196 g/mol. The number of nitrogens with one attached hydrogen (secondary N) is 1. The summed E-state index contributed by atoms with van der Waals surface area (Å²) in [5.74, 6) is 2.79. The van der Waals surface area contributed by atoms with E-state index >= 15 is 0 Å². The molecule has 0 amide bonds. The van der Waals surface area contributed by atoms with Crippen LogP contribution in [0, 0.1) is 17.2 Å². The lowest BCUT2D eigenvalue weighted by molar-refractivity contribution is 0.243. The van der Waals surface area contributed by atoms with E-state index in [4.69, 9.17) is 5.41 Å². The molecule has 1 aliphatic heterocycles. The maximum Gasteiger partial charge on any atom is 0.0957 e. The van der Waals surface area contributed by atoms with Crippen LogP contribution in [0.1, 0.15) is 58.3 Å². The van der Waals surface area contributed by atoms with Gasteiger partial charge in [0.25, 0.3) is 0 Å². The van der Waals surface area contributed by atoms with Crippen molar-refractivity contribution in [2.45, 2.75) is 58.3 Å². The Balaban J connectivity index is 1.71. The number of amidine groups is 1. The molecule has 1 aliphatic carbocycles. The molecule has 2 fully saturated rings. The van der Waals surface area contributed by atoms with Gasteiger partial charge in [-0.25, -0.2) is 0 Å². The van der Waals surface area contributed by atoms with Crippen LogP contribution in [0.4, 0.5) is 0 Å². The first kappa shape index (κ1) is 11.9. The third-order valence-electron chi connectivity index (χ3n) is 4.33. The van der Waals surface area contributed by atoms with Gasteiger partial charge in [-0.3, -0.25) is 5.41 Å². The van der Waals surface area contributed by atoms with Gasteiger partial charge in [0.2, 0.25) is 0 Å². The average Bonchev–Trinajstić information content (AvgIpc) is 2.28. The average molecular weight is 222 g/mol. The Morgan fingerprint density at radius 1 is 1.25 bits per heavy atom. The fourth-order valence-electron chi connectivity index (χ4n) is 3.30. The van der Waals surface area contributed by atoms with Crippen LogP contribution in [0.25, 0.3) is 0 Å². The molecule has 1 saturated heterocycles. The van der Waals surface area contributed by atoms with Crippen LogP contribution >= 0.6 is 0 Å². The topological polar surface area (TPSA) is 27.1 Å². The van der Waals surface area contributed by atoms with E-state index in [0.717, 1.165) is 37.2 Å². The van der Waals surface area contributed by atoms with Crippen LogP contribution in [0.2, 0.25) is 0 Å². The highest BCUT2D eigenvalue weighted by molar-refractivity contribution is 5.79. The minimum atomic E-state index is 0.898. The predicted octanol–water partition coefficient (Wildman–Crippen LogP) is 3.67. The lowest BCUT2D eigenvalue weighted by atomic mass is 9.81. The molecule has 0 aromatic rings. The maximum atomic E-state index is 7.93. The van der Waals surface area contributed by atoms with Crippen molar-refractivity contribution in [1.29, 1.82) is 5.41 Å². The van der Waals surface area contributed by atoms with Crippen LogP contribution < -0.4 is 0 Å². The first-order chi connectivity index (χ1) is 7.75. The summed E-state index contributed by atoms with van der Waals surface area (Å²) in [6.45, 7) is 4.69. The van der Waals surface area contributed by atoms with E-state index in [0.29, 0.717) is 0 Å². The van der Waals surface area contributed by atoms with E-state index in [9.17, 15) is 0 Å². The van der Waals surface area contributed by atoms with Crippen LogP contribution in [0.15, 0.2) is 0 Å². The SMILES string of the molecule is CC1CCCC(CCN2CCCCC2=N)C1. The Labute approximate surface area is 99.9 Å². The van der Waals surface area contributed by atoms with E-state index in [2.05, 4.69) is 11.8 Å². The van der Waals surface area contributed by atoms with Crippen LogP contribution in [0.3, 0.4) is 0 Å². The van der Waals surface area contributed by atoms with Crippen LogP contribution in [0.5, 0.6) is 0 Å². The smallest absolute Gasteiger partial charge is 0.0957 e. The molecule has 0 bridgehead atoms. The van der Waals surface area contributed by atoms with Gasteiger partial charge >= 0.3 is 0 Å². The molecule has 0 spiro atoms. The first-order valence-electron chi connectivity index (χ1n) is 7.08. The monoisotopic (exact) mass is 222 g/mol. The standard InChI is InChI=1S/C14H26N2/c1-12-5-4-6-13(11-12)8-10-16-9-3-2-7-14(16)15/h12-13,15H,2-11H2,1H3. The largest absolute Gasteiger partial charge is 0.361 e. The van der Waals surface area contributed by atoms with Crippen LogP contribution in [-0.4, -0.2) is 23.8 Å². The predicted molar refractivity (Wildman–Crippen MR) is 68.9 cm³/mol. The minimum Gasteiger partial charge on any atom is -0.361 e. The number of piperidine rings is 1. The van der Waals surface area contributed by atoms with Crippen molar-refractivity contribution >= 4 is 5.84 Å². The molecule has 2 rings (SSSR count). The van der Waals surface area contributed by atoms with E-state index in [1.54, 1.807) is 0 Å². The summed E-state index contributed by atoms with van der Waals surface area (Å²) in [7, 11) is 0. The summed E-state index contributed by atoms with van der Waals surface area (Å²) in [5, 5.41) is 7.93. The highest BCUT2D eigenvalue weighted by Gasteiger charge is 2.21. The van der Waals surface area contributed by atoms with Crippen molar-refractivity contribution in [3.05, 3.63) is 0 Å². The van der Waals surface area contributed by atoms with Gasteiger partial charge in [0.05, 0.1) is 5.84 Å². The Hall–Kier alpha value is -0.530. The third kappa shape index (κ3) is 3.23. The van der Waals surface area contributed by atoms with E-state index < -0.39 is 0 Å². The molecule has 1 N–H and O–H groups in total. The molecule has 2 atom stereocenters. The number of hydrogen-bond acceptors (Lipinski definition) is 1. The molecule has 1 saturated carbocycles. The molecule has 0 radical (unpaired) electrons. The van der Waals surface area contributed by atoms with Crippen molar-refractivity contribution in [2.75, 3.05) is 13.1 Å². The zero-order valence-corrected chi connectivity index (χ0v) is 10.7. The third-order valence-corrected chi connectivity index (χ3v) is 4.33. The number of likely N-dealkylation sites (tertiary alicyclic amines) is 1. The van der Waals surface area contributed by atoms with Gasteiger partial charge in [-0.15, -0.1) is 0 Å². The molecule has 92 valence electrons. The van der Waals surface area contributed by atoms with Gasteiger partial charge in [0.1, 0.15) is 0 Å². The van der Waals surface area contributed by atoms with Crippen molar-refractivity contribution in [2.24, 2.45) is 11.8 Å². The first-order valence-corrected chi connectivity index (χ1v) is 7.08. The second-order valence-electron chi connectivity index (χ2n) is 5.82. The minimum absolute atomic E-state index is 0.898. The maximum absolute atomic E-state index is 7.93. The van der Waals surface area contributed by atoms with E-state index in [1.165, 1.54) is 44.9 Å². The Bertz CT molecular complexity index is 237. The molecule has 2 nitrogen and oxygen atoms in total. The summed E-state index contributed by atoms with van der Waals surface area (Å²) in [6.07, 6.45) is 10.6. The quantitative estimate of drug-likeness (QED) is 0.775. The summed E-state index contributed by atoms with van der Waals surface area (Å²) in [5.41, 5.74) is 0. The zero-order chi connectivity index (χ0) is 11.4. The molecule has 0 aromatic carbocycles. The van der Waals surface area contributed by atoms with Gasteiger partial charge < -0.3 is 4.90 Å². The highest BCUT2D eigenvalue weighted by Crippen LogP contribution is 2.31. The number of rotatable bonds is 3. The Morgan fingerprint density at radius 3 is 2.88 bits per heavy atom. The Morgan fingerprint density at radius 2 is 2.12 bits per heavy atom. The molecular formula is C14H26N2. The van der Waals surface area contributed by atoms with Gasteiger partial charge in [-0.2, -0.15) is 0 Å². The molecule has 2 heteroatoms. The van der Waals surface area contributed by atoms with Crippen molar-refractivity contribution < 1.29 is 0 Å². The summed E-state index contributed by atoms with van der Waals surface area (Å²) >= 11 is 0. The van der Waals surface area contributed by atoms with Crippen LogP contribution in [-0.2, 0) is 0 Å². The van der Waals surface area contributed by atoms with Crippen molar-refractivity contribution in [3.8, 4) is 0 Å². The summed E-state index contributed by atoms with van der Waals surface area (Å²) < 4.78 is 0. The second-order valence-corrected chi connectivity index (χ2v) is 5.82. The fraction of sp³-hybridized carbons (Fsp3) is 0.929. The lowest BCUT2D eigenvalue weighted by Crippen LogP contribution is -2.36. The van der Waals surface area contributed by atoms with E-state index in [-0.39, 0.29) is 0 Å². The van der Waals surface area contributed by atoms with E-state index in [1.807, 2.05) is 0 Å². The Kier molecular flexibility index (Phi) is 4.25. The normalized spacial score (nSPS) is 31.8. The number of hydrogen-bond donors (Lipinski definition) is 1. The summed E-state index contributed by atoms with van der Waals surface area (Å²) in [4.78, 5) is 2.32. The van der Waals surface area contributed by atoms with Gasteiger partial charge in [-0.1, -0.05) is 26.2 Å². The van der Waals surface area contributed by atoms with Crippen molar-refractivity contribution in [3.63, 3.8) is 0 Å². The number of nitrogens with zero attached hydrogens (tertiary/aromatic N) is 1. The van der Waals surface area contributed by atoms with Gasteiger partial charge in [-0.05, 0) is 37.5 Å². The molecule has 16 heavy (non-hydrogen) atoms. The summed E-state index contributed by atoms with van der Waals surface area (Å²) in [6, 6.07) is 0. The van der Waals surface area contributed by atoms with Gasteiger partial charge in [0, 0.05) is 19.5 Å². The van der Waals surface area contributed by atoms with Gasteiger partial charge in [0.15, 0.2) is 0 Å². The molecule has 1 heterocycles. The zero-order valence-electron chi connectivity index (χ0n) is 10.7. The molecule has 0 aromatic heterocycles. The lowest BCUT2D eigenvalue weighted by Gasteiger charge is -2.32. The highest BCUT2D eigenvalue weighted by atomic mass is 15.2. The fourth-order valence-corrected chi connectivity index (χ4v) is 3.30. The van der Waals surface area contributed by atoms with Crippen molar-refractivity contribution in [1.82, 2.24) is 4.90 Å². The molecule has 2 aliphatic rings. The second kappa shape index (κ2) is 5.70. The molecule has 2 unspecified atom stereocenters.